The van der Waals surface area contributed by atoms with Crippen LogP contribution in [-0.2, 0) is 0 Å². The highest BCUT2D eigenvalue weighted by Crippen LogP contribution is 2.29. The third-order valence-corrected chi connectivity index (χ3v) is 3.32. The predicted octanol–water partition coefficient (Wildman–Crippen LogP) is 4.67. The van der Waals surface area contributed by atoms with Crippen molar-refractivity contribution in [3.63, 3.8) is 0 Å². The Morgan fingerprint density at radius 1 is 1.10 bits per heavy atom. The van der Waals surface area contributed by atoms with Gasteiger partial charge in [-0.2, -0.15) is 0 Å². The monoisotopic (exact) mass is 339 g/mol. The number of carbonyl (C=O) groups is 1. The summed E-state index contributed by atoms with van der Waals surface area (Å²) in [4.78, 5) is 12.0. The Morgan fingerprint density at radius 2 is 1.70 bits per heavy atom. The van der Waals surface area contributed by atoms with Crippen molar-refractivity contribution in [2.24, 2.45) is 0 Å². The lowest BCUT2D eigenvalue weighted by atomic mass is 10.1. The van der Waals surface area contributed by atoms with Gasteiger partial charge in [0.2, 0.25) is 0 Å². The molecule has 1 unspecified atom stereocenters. The maximum absolute atomic E-state index is 13.6. The molecule has 0 aliphatic carbocycles. The quantitative estimate of drug-likeness (QED) is 0.808. The molecule has 1 N–H and O–H groups in total. The standard InChI is InChI=1S/C15H12BrF2NO/c1-9(16)10-5-2-3-8-13(10)19-15(20)14-11(17)6-4-7-12(14)18/h2-9H,1H3,(H,19,20). The van der Waals surface area contributed by atoms with E-state index in [9.17, 15) is 13.6 Å². The van der Waals surface area contributed by atoms with Crippen LogP contribution >= 0.6 is 15.9 Å². The van der Waals surface area contributed by atoms with E-state index in [1.165, 1.54) is 6.07 Å². The Kier molecular flexibility index (Phi) is 4.49. The molecule has 104 valence electrons. The first-order valence-corrected chi connectivity index (χ1v) is 6.90. The molecule has 0 aliphatic rings. The smallest absolute Gasteiger partial charge is 0.261 e. The maximum Gasteiger partial charge on any atom is 0.261 e. The highest BCUT2D eigenvalue weighted by Gasteiger charge is 2.18. The molecule has 5 heteroatoms. The van der Waals surface area contributed by atoms with Crippen molar-refractivity contribution in [3.05, 3.63) is 65.2 Å². The van der Waals surface area contributed by atoms with Crippen molar-refractivity contribution >= 4 is 27.5 Å². The highest BCUT2D eigenvalue weighted by atomic mass is 79.9. The Labute approximate surface area is 123 Å². The second kappa shape index (κ2) is 6.13. The van der Waals surface area contributed by atoms with Gasteiger partial charge in [-0.15, -0.1) is 0 Å². The third-order valence-electron chi connectivity index (χ3n) is 2.83. The first kappa shape index (κ1) is 14.7. The van der Waals surface area contributed by atoms with Crippen LogP contribution in [0.4, 0.5) is 14.5 Å². The van der Waals surface area contributed by atoms with Gasteiger partial charge in [0.1, 0.15) is 17.2 Å². The number of halogens is 3. The second-order valence-corrected chi connectivity index (χ2v) is 5.63. The van der Waals surface area contributed by atoms with Crippen molar-refractivity contribution in [2.45, 2.75) is 11.8 Å². The SMILES string of the molecule is CC(Br)c1ccccc1NC(=O)c1c(F)cccc1F. The number of nitrogens with one attached hydrogen (secondary N) is 1. The lowest BCUT2D eigenvalue weighted by Gasteiger charge is -2.13. The van der Waals surface area contributed by atoms with Crippen LogP contribution in [0.1, 0.15) is 27.7 Å². The Hall–Kier alpha value is -1.75. The number of amides is 1. The van der Waals surface area contributed by atoms with Crippen LogP contribution in [0.5, 0.6) is 0 Å². The van der Waals surface area contributed by atoms with E-state index >= 15 is 0 Å². The molecule has 0 radical (unpaired) electrons. The zero-order valence-corrected chi connectivity index (χ0v) is 12.2. The van der Waals surface area contributed by atoms with Crippen LogP contribution in [0.2, 0.25) is 0 Å². The lowest BCUT2D eigenvalue weighted by molar-refractivity contribution is 0.101. The van der Waals surface area contributed by atoms with Crippen LogP contribution in [-0.4, -0.2) is 5.91 Å². The number of anilines is 1. The van der Waals surface area contributed by atoms with E-state index in [1.54, 1.807) is 12.1 Å². The molecule has 20 heavy (non-hydrogen) atoms. The number of hydrogen-bond acceptors (Lipinski definition) is 1. The van der Waals surface area contributed by atoms with Gasteiger partial charge in [0, 0.05) is 10.5 Å². The summed E-state index contributed by atoms with van der Waals surface area (Å²) in [5, 5.41) is 2.54. The van der Waals surface area contributed by atoms with Crippen molar-refractivity contribution < 1.29 is 13.6 Å². The molecule has 2 aromatic carbocycles. The molecule has 0 bridgehead atoms. The van der Waals surface area contributed by atoms with Crippen LogP contribution in [0.3, 0.4) is 0 Å². The highest BCUT2D eigenvalue weighted by molar-refractivity contribution is 9.09. The Morgan fingerprint density at radius 3 is 2.30 bits per heavy atom. The van der Waals surface area contributed by atoms with E-state index in [1.807, 2.05) is 19.1 Å². The molecule has 0 spiro atoms. The molecular formula is C15H12BrF2NO. The molecule has 1 atom stereocenters. The summed E-state index contributed by atoms with van der Waals surface area (Å²) >= 11 is 3.41. The molecule has 1 amide bonds. The molecule has 0 aromatic heterocycles. The van der Waals surface area contributed by atoms with E-state index in [4.69, 9.17) is 0 Å². The minimum Gasteiger partial charge on any atom is -0.322 e. The third kappa shape index (κ3) is 3.04. The first-order chi connectivity index (χ1) is 9.50. The minimum atomic E-state index is -0.883. The summed E-state index contributed by atoms with van der Waals surface area (Å²) < 4.78 is 27.1. The van der Waals surface area contributed by atoms with Crippen molar-refractivity contribution in [2.75, 3.05) is 5.32 Å². The first-order valence-electron chi connectivity index (χ1n) is 5.99. The van der Waals surface area contributed by atoms with Gasteiger partial charge < -0.3 is 5.32 Å². The van der Waals surface area contributed by atoms with Gasteiger partial charge in [-0.05, 0) is 30.7 Å². The van der Waals surface area contributed by atoms with Gasteiger partial charge in [-0.3, -0.25) is 4.79 Å². The summed E-state index contributed by atoms with van der Waals surface area (Å²) in [5.74, 6) is -2.57. The molecule has 0 aliphatic heterocycles. The number of carbonyl (C=O) groups excluding carboxylic acids is 1. The van der Waals surface area contributed by atoms with Gasteiger partial charge >= 0.3 is 0 Å². The van der Waals surface area contributed by atoms with E-state index in [-0.39, 0.29) is 4.83 Å². The van der Waals surface area contributed by atoms with Gasteiger partial charge in [0.15, 0.2) is 0 Å². The number of rotatable bonds is 3. The van der Waals surface area contributed by atoms with E-state index < -0.39 is 23.1 Å². The van der Waals surface area contributed by atoms with Crippen LogP contribution in [0.25, 0.3) is 0 Å². The number of hydrogen-bond donors (Lipinski definition) is 1. The Bertz CT molecular complexity index is 623. The van der Waals surface area contributed by atoms with Gasteiger partial charge in [-0.1, -0.05) is 40.2 Å². The molecular weight excluding hydrogens is 328 g/mol. The largest absolute Gasteiger partial charge is 0.322 e. The molecule has 0 heterocycles. The topological polar surface area (TPSA) is 29.1 Å². The fourth-order valence-corrected chi connectivity index (χ4v) is 2.26. The summed E-state index contributed by atoms with van der Waals surface area (Å²) in [7, 11) is 0. The number of alkyl halides is 1. The average molecular weight is 340 g/mol. The summed E-state index contributed by atoms with van der Waals surface area (Å²) in [6.45, 7) is 1.90. The fraction of sp³-hybridized carbons (Fsp3) is 0.133. The molecule has 2 nitrogen and oxygen atoms in total. The predicted molar refractivity (Wildman–Crippen MR) is 78.1 cm³/mol. The van der Waals surface area contributed by atoms with Crippen LogP contribution < -0.4 is 5.32 Å². The van der Waals surface area contributed by atoms with Crippen molar-refractivity contribution in [1.82, 2.24) is 0 Å². The minimum absolute atomic E-state index is 0.00414. The number of para-hydroxylation sites is 1. The summed E-state index contributed by atoms with van der Waals surface area (Å²) in [6.07, 6.45) is 0. The molecule has 0 fully saturated rings. The van der Waals surface area contributed by atoms with Gasteiger partial charge in [0.05, 0.1) is 0 Å². The van der Waals surface area contributed by atoms with Crippen molar-refractivity contribution in [3.8, 4) is 0 Å². The molecule has 0 saturated heterocycles. The van der Waals surface area contributed by atoms with E-state index in [0.717, 1.165) is 17.7 Å². The Balaban J connectivity index is 2.33. The fourth-order valence-electron chi connectivity index (χ4n) is 1.86. The normalized spacial score (nSPS) is 12.0. The van der Waals surface area contributed by atoms with E-state index in [0.29, 0.717) is 5.69 Å². The molecule has 2 aromatic rings. The summed E-state index contributed by atoms with van der Waals surface area (Å²) in [5.41, 5.74) is 0.770. The number of benzene rings is 2. The maximum atomic E-state index is 13.6. The van der Waals surface area contributed by atoms with E-state index in [2.05, 4.69) is 21.2 Å². The molecule has 0 saturated carbocycles. The zero-order chi connectivity index (χ0) is 14.7. The van der Waals surface area contributed by atoms with Gasteiger partial charge in [-0.25, -0.2) is 8.78 Å². The average Bonchev–Trinajstić information content (AvgIpc) is 2.38. The second-order valence-electron chi connectivity index (χ2n) is 4.25. The molecule has 2 rings (SSSR count). The summed E-state index contributed by atoms with van der Waals surface area (Å²) in [6, 6.07) is 10.4. The van der Waals surface area contributed by atoms with Crippen LogP contribution in [0.15, 0.2) is 42.5 Å². The van der Waals surface area contributed by atoms with Gasteiger partial charge in [0.25, 0.3) is 5.91 Å². The van der Waals surface area contributed by atoms with Crippen molar-refractivity contribution in [1.29, 1.82) is 0 Å². The van der Waals surface area contributed by atoms with Crippen LogP contribution in [0, 0.1) is 11.6 Å². The lowest BCUT2D eigenvalue weighted by Crippen LogP contribution is -2.16. The zero-order valence-electron chi connectivity index (χ0n) is 10.7.